The number of hydrogen-bond acceptors (Lipinski definition) is 4. The van der Waals surface area contributed by atoms with Crippen molar-refractivity contribution in [1.82, 2.24) is 9.97 Å². The van der Waals surface area contributed by atoms with Crippen molar-refractivity contribution in [3.05, 3.63) is 53.0 Å². The molecule has 1 aromatic carbocycles. The molecule has 1 unspecified atom stereocenters. The molecule has 0 bridgehead atoms. The third kappa shape index (κ3) is 3.80. The van der Waals surface area contributed by atoms with Crippen LogP contribution >= 0.6 is 27.7 Å². The van der Waals surface area contributed by atoms with Crippen LogP contribution in [0.15, 0.2) is 52.2 Å². The molecule has 1 aromatic heterocycles. The monoisotopic (exact) mass is 309 g/mol. The van der Waals surface area contributed by atoms with E-state index in [0.29, 0.717) is 0 Å². The van der Waals surface area contributed by atoms with Crippen molar-refractivity contribution in [3.63, 3.8) is 0 Å². The van der Waals surface area contributed by atoms with Gasteiger partial charge in [0.1, 0.15) is 0 Å². The van der Waals surface area contributed by atoms with E-state index in [2.05, 4.69) is 38.0 Å². The van der Waals surface area contributed by atoms with E-state index in [0.717, 1.165) is 15.9 Å². The Morgan fingerprint density at radius 1 is 1.24 bits per heavy atom. The summed E-state index contributed by atoms with van der Waals surface area (Å²) in [4.78, 5) is 9.41. The molecule has 0 saturated heterocycles. The van der Waals surface area contributed by atoms with E-state index in [1.807, 2.05) is 12.1 Å². The molecule has 1 heterocycles. The number of thioether (sulfide) groups is 1. The summed E-state index contributed by atoms with van der Waals surface area (Å²) in [6.07, 6.45) is 5.03. The summed E-state index contributed by atoms with van der Waals surface area (Å²) in [5, 5.41) is 0. The van der Waals surface area contributed by atoms with Gasteiger partial charge in [0, 0.05) is 33.7 Å². The SMILES string of the molecule is NC(CSc1ccc(Br)cc1)c1cnccn1. The fourth-order valence-corrected chi connectivity index (χ4v) is 2.44. The Balaban J connectivity index is 1.92. The van der Waals surface area contributed by atoms with Crippen LogP contribution in [0.1, 0.15) is 11.7 Å². The van der Waals surface area contributed by atoms with Crippen LogP contribution < -0.4 is 5.73 Å². The standard InChI is InChI=1S/C12H12BrN3S/c13-9-1-3-10(4-2-9)17-8-11(14)12-7-15-5-6-16-12/h1-7,11H,8,14H2. The summed E-state index contributed by atoms with van der Waals surface area (Å²) in [7, 11) is 0. The first-order valence-corrected chi connectivity index (χ1v) is 6.93. The van der Waals surface area contributed by atoms with Gasteiger partial charge in [-0.1, -0.05) is 15.9 Å². The molecular formula is C12H12BrN3S. The minimum Gasteiger partial charge on any atom is -0.322 e. The zero-order chi connectivity index (χ0) is 12.1. The van der Waals surface area contributed by atoms with Crippen LogP contribution in [0.5, 0.6) is 0 Å². The summed E-state index contributed by atoms with van der Waals surface area (Å²) >= 11 is 5.13. The van der Waals surface area contributed by atoms with Gasteiger partial charge in [0.15, 0.2) is 0 Å². The molecular weight excluding hydrogens is 298 g/mol. The second-order valence-corrected chi connectivity index (χ2v) is 5.51. The maximum Gasteiger partial charge on any atom is 0.0762 e. The van der Waals surface area contributed by atoms with Crippen molar-refractivity contribution < 1.29 is 0 Å². The highest BCUT2D eigenvalue weighted by atomic mass is 79.9. The molecule has 17 heavy (non-hydrogen) atoms. The van der Waals surface area contributed by atoms with Crippen molar-refractivity contribution >= 4 is 27.7 Å². The maximum absolute atomic E-state index is 6.04. The van der Waals surface area contributed by atoms with E-state index in [1.54, 1.807) is 30.4 Å². The van der Waals surface area contributed by atoms with Crippen LogP contribution in [0, 0.1) is 0 Å². The molecule has 0 aliphatic carbocycles. The van der Waals surface area contributed by atoms with E-state index < -0.39 is 0 Å². The number of aromatic nitrogens is 2. The fraction of sp³-hybridized carbons (Fsp3) is 0.167. The highest BCUT2D eigenvalue weighted by molar-refractivity contribution is 9.10. The molecule has 0 saturated carbocycles. The molecule has 2 N–H and O–H groups in total. The van der Waals surface area contributed by atoms with Crippen LogP contribution in [0.2, 0.25) is 0 Å². The van der Waals surface area contributed by atoms with Gasteiger partial charge in [0.2, 0.25) is 0 Å². The second kappa shape index (κ2) is 6.14. The third-order valence-corrected chi connectivity index (χ3v) is 3.87. The Bertz CT molecular complexity index is 461. The molecule has 0 aliphatic rings. The van der Waals surface area contributed by atoms with E-state index in [9.17, 15) is 0 Å². The second-order valence-electron chi connectivity index (χ2n) is 3.50. The van der Waals surface area contributed by atoms with Gasteiger partial charge in [0.05, 0.1) is 11.7 Å². The van der Waals surface area contributed by atoms with Crippen LogP contribution in [0.25, 0.3) is 0 Å². The molecule has 0 fully saturated rings. The first-order chi connectivity index (χ1) is 8.25. The van der Waals surface area contributed by atoms with E-state index in [-0.39, 0.29) is 6.04 Å². The quantitative estimate of drug-likeness (QED) is 0.882. The van der Waals surface area contributed by atoms with Crippen molar-refractivity contribution in [3.8, 4) is 0 Å². The molecule has 2 rings (SSSR count). The molecule has 1 atom stereocenters. The highest BCUT2D eigenvalue weighted by Crippen LogP contribution is 2.23. The Kier molecular flexibility index (Phi) is 4.53. The molecule has 0 spiro atoms. The van der Waals surface area contributed by atoms with Crippen molar-refractivity contribution in [2.24, 2.45) is 5.73 Å². The lowest BCUT2D eigenvalue weighted by Crippen LogP contribution is -2.14. The Hall–Kier alpha value is -0.910. The number of benzene rings is 1. The van der Waals surface area contributed by atoms with Gasteiger partial charge in [-0.3, -0.25) is 9.97 Å². The number of rotatable bonds is 4. The lowest BCUT2D eigenvalue weighted by atomic mass is 10.3. The van der Waals surface area contributed by atoms with E-state index in [4.69, 9.17) is 5.73 Å². The van der Waals surface area contributed by atoms with Crippen LogP contribution in [-0.2, 0) is 0 Å². The van der Waals surface area contributed by atoms with Gasteiger partial charge in [-0.05, 0) is 24.3 Å². The average molecular weight is 310 g/mol. The predicted molar refractivity (Wildman–Crippen MR) is 73.8 cm³/mol. The summed E-state index contributed by atoms with van der Waals surface area (Å²) < 4.78 is 1.08. The predicted octanol–water partition coefficient (Wildman–Crippen LogP) is 3.03. The highest BCUT2D eigenvalue weighted by Gasteiger charge is 2.07. The minimum absolute atomic E-state index is 0.0858. The average Bonchev–Trinajstić information content (AvgIpc) is 2.39. The Labute approximate surface area is 113 Å². The first kappa shape index (κ1) is 12.5. The number of hydrogen-bond donors (Lipinski definition) is 1. The molecule has 0 radical (unpaired) electrons. The van der Waals surface area contributed by atoms with Crippen LogP contribution in [0.3, 0.4) is 0 Å². The molecule has 3 nitrogen and oxygen atoms in total. The maximum atomic E-state index is 6.04. The normalized spacial score (nSPS) is 12.4. The van der Waals surface area contributed by atoms with Gasteiger partial charge in [-0.2, -0.15) is 0 Å². The topological polar surface area (TPSA) is 51.8 Å². The molecule has 0 aliphatic heterocycles. The Morgan fingerprint density at radius 2 is 2.00 bits per heavy atom. The lowest BCUT2D eigenvalue weighted by molar-refractivity contribution is 0.783. The fourth-order valence-electron chi connectivity index (χ4n) is 1.30. The van der Waals surface area contributed by atoms with Gasteiger partial charge < -0.3 is 5.73 Å². The Morgan fingerprint density at radius 3 is 2.65 bits per heavy atom. The van der Waals surface area contributed by atoms with Crippen molar-refractivity contribution in [2.45, 2.75) is 10.9 Å². The first-order valence-electron chi connectivity index (χ1n) is 5.15. The zero-order valence-electron chi connectivity index (χ0n) is 9.08. The van der Waals surface area contributed by atoms with Crippen molar-refractivity contribution in [2.75, 3.05) is 5.75 Å². The summed E-state index contributed by atoms with van der Waals surface area (Å²) in [6, 6.07) is 8.10. The third-order valence-electron chi connectivity index (χ3n) is 2.21. The zero-order valence-corrected chi connectivity index (χ0v) is 11.5. The summed E-state index contributed by atoms with van der Waals surface area (Å²) in [5.41, 5.74) is 6.87. The number of nitrogens with zero attached hydrogens (tertiary/aromatic N) is 2. The summed E-state index contributed by atoms with van der Waals surface area (Å²) in [6.45, 7) is 0. The van der Waals surface area contributed by atoms with Gasteiger partial charge in [-0.15, -0.1) is 11.8 Å². The number of nitrogens with two attached hydrogens (primary N) is 1. The minimum atomic E-state index is -0.0858. The van der Waals surface area contributed by atoms with Gasteiger partial charge in [0.25, 0.3) is 0 Å². The molecule has 0 amide bonds. The molecule has 2 aromatic rings. The number of halogens is 1. The van der Waals surface area contributed by atoms with Crippen LogP contribution in [-0.4, -0.2) is 15.7 Å². The van der Waals surface area contributed by atoms with Crippen LogP contribution in [0.4, 0.5) is 0 Å². The van der Waals surface area contributed by atoms with Gasteiger partial charge >= 0.3 is 0 Å². The van der Waals surface area contributed by atoms with E-state index >= 15 is 0 Å². The molecule has 5 heteroatoms. The van der Waals surface area contributed by atoms with Crippen molar-refractivity contribution in [1.29, 1.82) is 0 Å². The van der Waals surface area contributed by atoms with Gasteiger partial charge in [-0.25, -0.2) is 0 Å². The summed E-state index contributed by atoms with van der Waals surface area (Å²) in [5.74, 6) is 0.792. The smallest absolute Gasteiger partial charge is 0.0762 e. The lowest BCUT2D eigenvalue weighted by Gasteiger charge is -2.09. The van der Waals surface area contributed by atoms with E-state index in [1.165, 1.54) is 4.90 Å². The molecule has 88 valence electrons. The largest absolute Gasteiger partial charge is 0.322 e.